The molecule has 1 aliphatic carbocycles. The largest absolute Gasteiger partial charge is 0.492 e. The number of nitrogens with zero attached hydrogens (tertiary/aromatic N) is 1. The summed E-state index contributed by atoms with van der Waals surface area (Å²) >= 11 is 0. The van der Waals surface area contributed by atoms with Crippen molar-refractivity contribution in [1.29, 1.82) is 0 Å². The normalized spacial score (nSPS) is 21.4. The van der Waals surface area contributed by atoms with Gasteiger partial charge in [-0.25, -0.2) is 0 Å². The second-order valence-corrected chi connectivity index (χ2v) is 3.78. The van der Waals surface area contributed by atoms with Gasteiger partial charge in [-0.1, -0.05) is 0 Å². The summed E-state index contributed by atoms with van der Waals surface area (Å²) in [6.07, 6.45) is 0. The Hall–Kier alpha value is -1.58. The first-order chi connectivity index (χ1) is 7.07. The van der Waals surface area contributed by atoms with Crippen LogP contribution in [-0.4, -0.2) is 36.7 Å². The fourth-order valence-corrected chi connectivity index (χ4v) is 1.80. The van der Waals surface area contributed by atoms with Crippen molar-refractivity contribution < 1.29 is 14.3 Å². The lowest BCUT2D eigenvalue weighted by Crippen LogP contribution is -2.26. The van der Waals surface area contributed by atoms with E-state index in [4.69, 9.17) is 4.74 Å². The van der Waals surface area contributed by atoms with Gasteiger partial charge in [-0.3, -0.25) is 9.59 Å². The summed E-state index contributed by atoms with van der Waals surface area (Å²) in [7, 11) is 1.42. The van der Waals surface area contributed by atoms with E-state index in [1.54, 1.807) is 13.8 Å². The van der Waals surface area contributed by atoms with Gasteiger partial charge in [-0.05, 0) is 13.8 Å². The van der Waals surface area contributed by atoms with E-state index >= 15 is 0 Å². The Morgan fingerprint density at radius 1 is 1.07 bits per heavy atom. The first kappa shape index (κ1) is 9.96. The zero-order valence-electron chi connectivity index (χ0n) is 9.09. The van der Waals surface area contributed by atoms with Crippen LogP contribution >= 0.6 is 0 Å². The standard InChI is InChI=1S/C11H13NO3/c1-6-8(12-4-5-12)9(13)7(2)11(15-3)10(6)14/h4-5H2,1-3H3. The number of ketones is 2. The van der Waals surface area contributed by atoms with E-state index in [0.29, 0.717) is 16.8 Å². The fourth-order valence-electron chi connectivity index (χ4n) is 1.80. The van der Waals surface area contributed by atoms with Crippen LogP contribution in [0.15, 0.2) is 22.6 Å². The molecule has 0 aromatic carbocycles. The molecular formula is C11H13NO3. The molecule has 4 heteroatoms. The third-order valence-electron chi connectivity index (χ3n) is 2.77. The molecule has 0 aromatic heterocycles. The Morgan fingerprint density at radius 3 is 2.13 bits per heavy atom. The van der Waals surface area contributed by atoms with Gasteiger partial charge >= 0.3 is 0 Å². The molecule has 0 aromatic rings. The quantitative estimate of drug-likeness (QED) is 0.492. The second kappa shape index (κ2) is 3.22. The number of carbonyl (C=O) groups is 2. The summed E-state index contributed by atoms with van der Waals surface area (Å²) in [4.78, 5) is 25.7. The number of hydrogen-bond acceptors (Lipinski definition) is 4. The number of hydrogen-bond donors (Lipinski definition) is 0. The van der Waals surface area contributed by atoms with Crippen LogP contribution in [0.3, 0.4) is 0 Å². The lowest BCUT2D eigenvalue weighted by molar-refractivity contribution is -0.119. The van der Waals surface area contributed by atoms with Crippen molar-refractivity contribution in [2.75, 3.05) is 20.2 Å². The van der Waals surface area contributed by atoms with Crippen molar-refractivity contribution in [3.8, 4) is 0 Å². The molecule has 0 radical (unpaired) electrons. The average molecular weight is 207 g/mol. The van der Waals surface area contributed by atoms with Gasteiger partial charge in [0, 0.05) is 24.2 Å². The summed E-state index contributed by atoms with van der Waals surface area (Å²) in [6.45, 7) is 5.04. The highest BCUT2D eigenvalue weighted by Gasteiger charge is 2.37. The number of allylic oxidation sites excluding steroid dienone is 2. The predicted octanol–water partition coefficient (Wildman–Crippen LogP) is 0.648. The van der Waals surface area contributed by atoms with Crippen LogP contribution in [0.5, 0.6) is 0 Å². The maximum atomic E-state index is 11.9. The van der Waals surface area contributed by atoms with E-state index in [1.165, 1.54) is 7.11 Å². The molecule has 0 bridgehead atoms. The topological polar surface area (TPSA) is 46.4 Å². The SMILES string of the molecule is COC1=C(C)C(=O)C(N2CC2)=C(C)C1=O. The van der Waals surface area contributed by atoms with Crippen LogP contribution in [0, 0.1) is 0 Å². The molecule has 2 aliphatic rings. The molecule has 0 atom stereocenters. The number of ether oxygens (including phenoxy) is 1. The fraction of sp³-hybridized carbons (Fsp3) is 0.455. The molecule has 1 aliphatic heterocycles. The van der Waals surface area contributed by atoms with Crippen LogP contribution in [0.2, 0.25) is 0 Å². The molecule has 80 valence electrons. The van der Waals surface area contributed by atoms with Gasteiger partial charge in [-0.2, -0.15) is 0 Å². The van der Waals surface area contributed by atoms with Crippen LogP contribution < -0.4 is 0 Å². The number of carbonyl (C=O) groups excluding carboxylic acids is 2. The van der Waals surface area contributed by atoms with Gasteiger partial charge in [0.25, 0.3) is 0 Å². The van der Waals surface area contributed by atoms with Crippen molar-refractivity contribution in [2.45, 2.75) is 13.8 Å². The molecule has 0 saturated carbocycles. The van der Waals surface area contributed by atoms with Crippen molar-refractivity contribution >= 4 is 11.6 Å². The molecule has 15 heavy (non-hydrogen) atoms. The van der Waals surface area contributed by atoms with Gasteiger partial charge in [0.05, 0.1) is 12.8 Å². The highest BCUT2D eigenvalue weighted by molar-refractivity contribution is 6.23. The van der Waals surface area contributed by atoms with Gasteiger partial charge in [0.2, 0.25) is 11.6 Å². The highest BCUT2D eigenvalue weighted by Crippen LogP contribution is 2.29. The molecule has 2 rings (SSSR count). The number of rotatable bonds is 2. The van der Waals surface area contributed by atoms with E-state index in [0.717, 1.165) is 13.1 Å². The van der Waals surface area contributed by atoms with Gasteiger partial charge in [0.15, 0.2) is 5.76 Å². The minimum absolute atomic E-state index is 0.0820. The predicted molar refractivity (Wildman–Crippen MR) is 54.0 cm³/mol. The molecule has 1 saturated heterocycles. The smallest absolute Gasteiger partial charge is 0.225 e. The van der Waals surface area contributed by atoms with Gasteiger partial charge in [-0.15, -0.1) is 0 Å². The van der Waals surface area contributed by atoms with Crippen LogP contribution in [0.25, 0.3) is 0 Å². The first-order valence-corrected chi connectivity index (χ1v) is 4.88. The first-order valence-electron chi connectivity index (χ1n) is 4.88. The van der Waals surface area contributed by atoms with E-state index < -0.39 is 0 Å². The van der Waals surface area contributed by atoms with Crippen LogP contribution in [-0.2, 0) is 14.3 Å². The summed E-state index contributed by atoms with van der Waals surface area (Å²) < 4.78 is 4.96. The Balaban J connectivity index is 2.48. The van der Waals surface area contributed by atoms with E-state index in [2.05, 4.69) is 0 Å². The lowest BCUT2D eigenvalue weighted by atomic mass is 9.94. The second-order valence-electron chi connectivity index (χ2n) is 3.78. The number of Topliss-reactive ketones (excluding diaryl/α,β-unsaturated/α-hetero) is 2. The maximum Gasteiger partial charge on any atom is 0.225 e. The minimum Gasteiger partial charge on any atom is -0.492 e. The Morgan fingerprint density at radius 2 is 1.67 bits per heavy atom. The van der Waals surface area contributed by atoms with E-state index in [1.807, 2.05) is 4.90 Å². The Labute approximate surface area is 88.2 Å². The van der Waals surface area contributed by atoms with E-state index in [9.17, 15) is 9.59 Å². The zero-order valence-corrected chi connectivity index (χ0v) is 9.09. The molecule has 0 amide bonds. The Bertz CT molecular complexity index is 414. The molecule has 1 fully saturated rings. The third kappa shape index (κ3) is 1.37. The molecule has 0 spiro atoms. The monoisotopic (exact) mass is 207 g/mol. The van der Waals surface area contributed by atoms with Crippen molar-refractivity contribution in [2.24, 2.45) is 0 Å². The van der Waals surface area contributed by atoms with Crippen molar-refractivity contribution in [3.63, 3.8) is 0 Å². The summed E-state index contributed by atoms with van der Waals surface area (Å²) in [5.74, 6) is -0.0685. The average Bonchev–Trinajstić information content (AvgIpc) is 3.00. The summed E-state index contributed by atoms with van der Waals surface area (Å²) in [5, 5.41) is 0. The zero-order chi connectivity index (χ0) is 11.2. The maximum absolute atomic E-state index is 11.9. The van der Waals surface area contributed by atoms with Crippen LogP contribution in [0.1, 0.15) is 13.8 Å². The molecule has 0 N–H and O–H groups in total. The highest BCUT2D eigenvalue weighted by atomic mass is 16.5. The molecule has 4 nitrogen and oxygen atoms in total. The number of methoxy groups -OCH3 is 1. The molecular weight excluding hydrogens is 194 g/mol. The van der Waals surface area contributed by atoms with E-state index in [-0.39, 0.29) is 17.3 Å². The lowest BCUT2D eigenvalue weighted by Gasteiger charge is -2.19. The van der Waals surface area contributed by atoms with Gasteiger partial charge < -0.3 is 9.64 Å². The minimum atomic E-state index is -0.170. The summed E-state index contributed by atoms with van der Waals surface area (Å²) in [5.41, 5.74) is 1.47. The Kier molecular flexibility index (Phi) is 2.14. The summed E-state index contributed by atoms with van der Waals surface area (Å²) in [6, 6.07) is 0. The van der Waals surface area contributed by atoms with Gasteiger partial charge in [0.1, 0.15) is 0 Å². The molecule has 1 heterocycles. The molecule has 0 unspecified atom stereocenters. The third-order valence-corrected chi connectivity index (χ3v) is 2.77. The van der Waals surface area contributed by atoms with Crippen LogP contribution in [0.4, 0.5) is 0 Å². The van der Waals surface area contributed by atoms with Crippen molar-refractivity contribution in [1.82, 2.24) is 4.90 Å². The van der Waals surface area contributed by atoms with Crippen molar-refractivity contribution in [3.05, 3.63) is 22.6 Å².